The van der Waals surface area contributed by atoms with E-state index in [2.05, 4.69) is 78.6 Å². The molecule has 0 fully saturated rings. The molecule has 0 saturated carbocycles. The summed E-state index contributed by atoms with van der Waals surface area (Å²) in [7, 11) is -3.47. The summed E-state index contributed by atoms with van der Waals surface area (Å²) in [6.07, 6.45) is -0.781. The van der Waals surface area contributed by atoms with Crippen LogP contribution in [-0.2, 0) is 0 Å². The van der Waals surface area contributed by atoms with Crippen LogP contribution in [0.5, 0.6) is 0 Å². The molecule has 0 radical (unpaired) electrons. The lowest BCUT2D eigenvalue weighted by molar-refractivity contribution is 1.80. The molecule has 1 aliphatic rings. The summed E-state index contributed by atoms with van der Waals surface area (Å²) in [6.45, 7) is 33.6. The van der Waals surface area contributed by atoms with Crippen LogP contribution in [0.4, 0.5) is 0 Å². The first-order chi connectivity index (χ1) is 7.99. The Morgan fingerprint density at radius 2 is 0.684 bits per heavy atom. The Morgan fingerprint density at radius 3 is 0.737 bits per heavy atom. The van der Waals surface area contributed by atoms with Crippen molar-refractivity contribution in [2.75, 3.05) is 0 Å². The lowest BCUT2D eigenvalue weighted by Crippen LogP contribution is -2.74. The van der Waals surface area contributed by atoms with E-state index in [0.29, 0.717) is 0 Å². The third-order valence-corrected chi connectivity index (χ3v) is 170. The van der Waals surface area contributed by atoms with E-state index in [4.69, 9.17) is 0 Å². The van der Waals surface area contributed by atoms with Gasteiger partial charge in [0.05, 0.1) is 0 Å². The molecule has 0 atom stereocenters. The first-order valence-electron chi connectivity index (χ1n) is 7.75. The first kappa shape index (κ1) is 18.6. The number of hydrogen-bond acceptors (Lipinski definition) is 0. The molecular formula is C12H36Si7. The highest BCUT2D eigenvalue weighted by molar-refractivity contribution is 8.29. The Kier molecular flexibility index (Phi) is 4.65. The van der Waals surface area contributed by atoms with Crippen LogP contribution in [-0.4, -0.2) is 50.4 Å². The SMILES string of the molecule is C[Si](C)(C)[Si]1=[Si]([Si](C)(C)C)[Si]1([Si](C)(C)C)[Si](C)(C)C. The Bertz CT molecular complexity index is 369. The molecule has 0 saturated heterocycles. The predicted molar refractivity (Wildman–Crippen MR) is 111 cm³/mol. The summed E-state index contributed by atoms with van der Waals surface area (Å²) >= 11 is 0. The molecular weight excluding hydrogens is 341 g/mol. The first-order valence-corrected chi connectivity index (χ1v) is 33.8. The normalized spacial score (nSPS) is 20.8. The van der Waals surface area contributed by atoms with E-state index in [-0.39, 0.29) is 13.9 Å². The fourth-order valence-electron chi connectivity index (χ4n) is 4.78. The van der Waals surface area contributed by atoms with Gasteiger partial charge in [0, 0.05) is 36.5 Å². The van der Waals surface area contributed by atoms with Crippen molar-refractivity contribution in [3.63, 3.8) is 0 Å². The molecule has 0 unspecified atom stereocenters. The molecule has 0 nitrogen and oxygen atoms in total. The highest BCUT2D eigenvalue weighted by atomic mass is 30.5. The fourth-order valence-corrected chi connectivity index (χ4v) is 372. The third-order valence-electron chi connectivity index (χ3n) is 4.69. The molecule has 0 aromatic carbocycles. The third kappa shape index (κ3) is 2.89. The zero-order valence-electron chi connectivity index (χ0n) is 15.5. The summed E-state index contributed by atoms with van der Waals surface area (Å²) < 4.78 is 0. The minimum Gasteiger partial charge on any atom is -0.0717 e. The summed E-state index contributed by atoms with van der Waals surface area (Å²) in [5.74, 6) is 0. The van der Waals surface area contributed by atoms with E-state index in [1.54, 1.807) is 0 Å². The van der Waals surface area contributed by atoms with E-state index in [0.717, 1.165) is 0 Å². The molecule has 7 heteroatoms. The van der Waals surface area contributed by atoms with Crippen molar-refractivity contribution in [1.82, 2.24) is 0 Å². The monoisotopic (exact) mass is 376 g/mol. The second kappa shape index (κ2) is 4.76. The molecule has 112 valence electrons. The fraction of sp³-hybridized carbons (Fsp3) is 1.00. The van der Waals surface area contributed by atoms with Gasteiger partial charge in [-0.25, -0.2) is 0 Å². The standard InChI is InChI=1S/C12H36Si7/c1-15(2,3)13-14(16(4,5)6)19(13,17(7,8)9)18(10,11)12/h1-12H3. The van der Waals surface area contributed by atoms with Crippen LogP contribution < -0.4 is 0 Å². The average molecular weight is 377 g/mol. The van der Waals surface area contributed by atoms with Gasteiger partial charge >= 0.3 is 0 Å². The molecule has 1 heterocycles. The summed E-state index contributed by atoms with van der Waals surface area (Å²) in [4.78, 5) is 0. The Hall–Kier alpha value is 1.52. The van der Waals surface area contributed by atoms with Gasteiger partial charge in [-0.1, -0.05) is 78.6 Å². The van der Waals surface area contributed by atoms with E-state index >= 15 is 0 Å². The molecule has 0 aliphatic carbocycles. The highest BCUT2D eigenvalue weighted by Gasteiger charge is 2.72. The summed E-state index contributed by atoms with van der Waals surface area (Å²) in [6, 6.07) is 0. The van der Waals surface area contributed by atoms with Crippen LogP contribution in [0.1, 0.15) is 0 Å². The maximum absolute atomic E-state index is 2.79. The topological polar surface area (TPSA) is 0 Å². The maximum atomic E-state index is 2.79. The molecule has 0 aromatic rings. The smallest absolute Gasteiger partial charge is 0.0489 e. The maximum Gasteiger partial charge on any atom is 0.0489 e. The van der Waals surface area contributed by atoms with Gasteiger partial charge in [-0.05, 0) is 13.9 Å². The zero-order chi connectivity index (χ0) is 15.7. The van der Waals surface area contributed by atoms with E-state index < -0.39 is 36.5 Å². The number of rotatable bonds is 4. The molecule has 0 N–H and O–H groups in total. The van der Waals surface area contributed by atoms with Crippen molar-refractivity contribution >= 4 is 50.4 Å². The minimum absolute atomic E-state index is 0.157. The van der Waals surface area contributed by atoms with Crippen LogP contribution in [0, 0.1) is 0 Å². The van der Waals surface area contributed by atoms with Gasteiger partial charge in [-0.2, -0.15) is 0 Å². The van der Waals surface area contributed by atoms with Crippen LogP contribution in [0.2, 0.25) is 78.6 Å². The molecule has 0 spiro atoms. The molecule has 1 aliphatic heterocycles. The predicted octanol–water partition coefficient (Wildman–Crippen LogP) is 4.34. The van der Waals surface area contributed by atoms with E-state index in [1.165, 1.54) is 0 Å². The van der Waals surface area contributed by atoms with Crippen molar-refractivity contribution in [1.29, 1.82) is 0 Å². The highest BCUT2D eigenvalue weighted by Crippen LogP contribution is 2.43. The van der Waals surface area contributed by atoms with Gasteiger partial charge in [-0.3, -0.25) is 0 Å². The second-order valence-corrected chi connectivity index (χ2v) is 85.5. The minimum atomic E-state index is -0.894. The lowest BCUT2D eigenvalue weighted by Gasteiger charge is -2.45. The van der Waals surface area contributed by atoms with Crippen LogP contribution in [0.25, 0.3) is 0 Å². The summed E-state index contributed by atoms with van der Waals surface area (Å²) in [5, 5.41) is 0. The lowest BCUT2D eigenvalue weighted by atomic mass is 11.8. The van der Waals surface area contributed by atoms with Crippen molar-refractivity contribution < 1.29 is 0 Å². The molecule has 19 heavy (non-hydrogen) atoms. The molecule has 0 aromatic heterocycles. The molecule has 1 rings (SSSR count). The van der Waals surface area contributed by atoms with Gasteiger partial charge in [-0.15, -0.1) is 0 Å². The van der Waals surface area contributed by atoms with Gasteiger partial charge in [0.15, 0.2) is 0 Å². The largest absolute Gasteiger partial charge is 0.0717 e. The zero-order valence-corrected chi connectivity index (χ0v) is 22.5. The molecule has 0 amide bonds. The average Bonchev–Trinajstić information content (AvgIpc) is 2.66. The van der Waals surface area contributed by atoms with Gasteiger partial charge in [0.1, 0.15) is 0 Å². The van der Waals surface area contributed by atoms with E-state index in [1.807, 2.05) is 0 Å². The number of hydrogen-bond donors (Lipinski definition) is 0. The van der Waals surface area contributed by atoms with Crippen LogP contribution in [0.3, 0.4) is 0 Å². The second-order valence-electron chi connectivity index (χ2n) is 10.5. The molecule has 0 bridgehead atoms. The van der Waals surface area contributed by atoms with Crippen molar-refractivity contribution in [2.24, 2.45) is 0 Å². The summed E-state index contributed by atoms with van der Waals surface area (Å²) in [5.41, 5.74) is 0. The Morgan fingerprint density at radius 1 is 0.474 bits per heavy atom. The van der Waals surface area contributed by atoms with Gasteiger partial charge < -0.3 is 0 Å². The van der Waals surface area contributed by atoms with Crippen LogP contribution >= 0.6 is 0 Å². The van der Waals surface area contributed by atoms with E-state index in [9.17, 15) is 0 Å². The Balaban J connectivity index is 3.58. The van der Waals surface area contributed by atoms with Gasteiger partial charge in [0.25, 0.3) is 0 Å². The van der Waals surface area contributed by atoms with Crippen molar-refractivity contribution in [2.45, 2.75) is 78.6 Å². The Labute approximate surface area is 128 Å². The van der Waals surface area contributed by atoms with Crippen molar-refractivity contribution in [3.05, 3.63) is 0 Å². The van der Waals surface area contributed by atoms with Crippen LogP contribution in [0.15, 0.2) is 0 Å². The van der Waals surface area contributed by atoms with Gasteiger partial charge in [0.2, 0.25) is 0 Å². The van der Waals surface area contributed by atoms with Crippen molar-refractivity contribution in [3.8, 4) is 0 Å². The quantitative estimate of drug-likeness (QED) is 0.640.